The summed E-state index contributed by atoms with van der Waals surface area (Å²) in [6.45, 7) is 1.17. The minimum atomic E-state index is 0.570. The van der Waals surface area contributed by atoms with Gasteiger partial charge in [0.15, 0.2) is 0 Å². The number of benzene rings is 1. The molecule has 1 aromatic carbocycles. The number of halogens is 2. The first kappa shape index (κ1) is 12.0. The maximum atomic E-state index is 5.53. The van der Waals surface area contributed by atoms with Crippen molar-refractivity contribution in [2.45, 2.75) is 5.33 Å². The Balaban J connectivity index is 2.64. The molecule has 1 rings (SSSR count). The number of methoxy groups -OCH3 is 1. The molecule has 0 saturated carbocycles. The van der Waals surface area contributed by atoms with Crippen LogP contribution in [0.3, 0.4) is 0 Å². The van der Waals surface area contributed by atoms with E-state index in [1.54, 1.807) is 7.11 Å². The van der Waals surface area contributed by atoms with E-state index in [1.165, 1.54) is 5.56 Å². The maximum absolute atomic E-state index is 5.53. The molecular weight excluding hydrogens is 312 g/mol. The van der Waals surface area contributed by atoms with Crippen molar-refractivity contribution in [3.8, 4) is 5.75 Å². The van der Waals surface area contributed by atoms with Crippen LogP contribution in [-0.2, 0) is 10.1 Å². The average molecular weight is 324 g/mol. The van der Waals surface area contributed by atoms with E-state index in [4.69, 9.17) is 9.47 Å². The first-order chi connectivity index (χ1) is 6.77. The standard InChI is InChI=1S/C10H12Br2O2/c1-13-4-5-14-10-6-8(7-11)2-3-9(10)12/h2-3,6H,4-5,7H2,1H3. The van der Waals surface area contributed by atoms with Gasteiger partial charge in [-0.25, -0.2) is 0 Å². The quantitative estimate of drug-likeness (QED) is 0.611. The number of hydrogen-bond acceptors (Lipinski definition) is 2. The summed E-state index contributed by atoms with van der Waals surface area (Å²) in [6, 6.07) is 6.04. The van der Waals surface area contributed by atoms with Crippen LogP contribution in [0.4, 0.5) is 0 Å². The molecule has 0 unspecified atom stereocenters. The molecule has 0 atom stereocenters. The van der Waals surface area contributed by atoms with Gasteiger partial charge in [-0.15, -0.1) is 0 Å². The third-order valence-corrected chi connectivity index (χ3v) is 3.00. The fourth-order valence-electron chi connectivity index (χ4n) is 0.976. The normalized spacial score (nSPS) is 10.2. The van der Waals surface area contributed by atoms with Crippen molar-refractivity contribution in [2.75, 3.05) is 20.3 Å². The lowest BCUT2D eigenvalue weighted by Gasteiger charge is -2.08. The molecule has 0 aliphatic rings. The molecule has 0 bridgehead atoms. The van der Waals surface area contributed by atoms with E-state index in [1.807, 2.05) is 18.2 Å². The minimum Gasteiger partial charge on any atom is -0.490 e. The zero-order valence-corrected chi connectivity index (χ0v) is 11.1. The number of alkyl halides is 1. The lowest BCUT2D eigenvalue weighted by atomic mass is 10.2. The number of rotatable bonds is 5. The second-order valence-electron chi connectivity index (χ2n) is 2.74. The van der Waals surface area contributed by atoms with Crippen molar-refractivity contribution in [2.24, 2.45) is 0 Å². The van der Waals surface area contributed by atoms with E-state index in [2.05, 4.69) is 31.9 Å². The van der Waals surface area contributed by atoms with Crippen LogP contribution in [0.25, 0.3) is 0 Å². The summed E-state index contributed by atoms with van der Waals surface area (Å²) in [4.78, 5) is 0. The first-order valence-corrected chi connectivity index (χ1v) is 6.15. The lowest BCUT2D eigenvalue weighted by Crippen LogP contribution is -2.04. The van der Waals surface area contributed by atoms with Gasteiger partial charge in [-0.1, -0.05) is 22.0 Å². The summed E-state index contributed by atoms with van der Waals surface area (Å²) < 4.78 is 11.4. The minimum absolute atomic E-state index is 0.570. The smallest absolute Gasteiger partial charge is 0.133 e. The Kier molecular flexibility index (Phi) is 5.52. The van der Waals surface area contributed by atoms with Crippen LogP contribution in [0.15, 0.2) is 22.7 Å². The van der Waals surface area contributed by atoms with Crippen LogP contribution in [-0.4, -0.2) is 20.3 Å². The Morgan fingerprint density at radius 2 is 2.07 bits per heavy atom. The molecule has 0 amide bonds. The van der Waals surface area contributed by atoms with Crippen LogP contribution < -0.4 is 4.74 Å². The molecule has 0 aromatic heterocycles. The summed E-state index contributed by atoms with van der Waals surface area (Å²) >= 11 is 6.83. The van der Waals surface area contributed by atoms with Gasteiger partial charge in [0.2, 0.25) is 0 Å². The molecule has 0 spiro atoms. The van der Waals surface area contributed by atoms with Gasteiger partial charge in [0.05, 0.1) is 11.1 Å². The third-order valence-electron chi connectivity index (χ3n) is 1.69. The Labute approximate surface area is 101 Å². The van der Waals surface area contributed by atoms with Crippen LogP contribution in [0.5, 0.6) is 5.75 Å². The monoisotopic (exact) mass is 322 g/mol. The molecule has 0 aliphatic carbocycles. The molecule has 0 N–H and O–H groups in total. The lowest BCUT2D eigenvalue weighted by molar-refractivity contribution is 0.146. The molecule has 1 aromatic rings. The van der Waals surface area contributed by atoms with Crippen molar-refractivity contribution < 1.29 is 9.47 Å². The van der Waals surface area contributed by atoms with E-state index in [9.17, 15) is 0 Å². The van der Waals surface area contributed by atoms with Gasteiger partial charge in [-0.3, -0.25) is 0 Å². The van der Waals surface area contributed by atoms with Gasteiger partial charge in [-0.05, 0) is 33.6 Å². The van der Waals surface area contributed by atoms with E-state index < -0.39 is 0 Å². The first-order valence-electron chi connectivity index (χ1n) is 4.24. The predicted octanol–water partition coefficient (Wildman–Crippen LogP) is 3.37. The maximum Gasteiger partial charge on any atom is 0.133 e. The zero-order valence-electron chi connectivity index (χ0n) is 7.93. The van der Waals surface area contributed by atoms with Crippen LogP contribution in [0.2, 0.25) is 0 Å². The van der Waals surface area contributed by atoms with Crippen LogP contribution in [0.1, 0.15) is 5.56 Å². The summed E-state index contributed by atoms with van der Waals surface area (Å²) in [5.41, 5.74) is 1.20. The van der Waals surface area contributed by atoms with Gasteiger partial charge < -0.3 is 9.47 Å². The molecular formula is C10H12Br2O2. The zero-order chi connectivity index (χ0) is 10.4. The fraction of sp³-hybridized carbons (Fsp3) is 0.400. The van der Waals surface area contributed by atoms with Crippen molar-refractivity contribution in [3.63, 3.8) is 0 Å². The van der Waals surface area contributed by atoms with Gasteiger partial charge in [-0.2, -0.15) is 0 Å². The van der Waals surface area contributed by atoms with E-state index in [0.29, 0.717) is 13.2 Å². The molecule has 2 nitrogen and oxygen atoms in total. The fourth-order valence-corrected chi connectivity index (χ4v) is 1.69. The summed E-state index contributed by atoms with van der Waals surface area (Å²) in [5.74, 6) is 0.860. The summed E-state index contributed by atoms with van der Waals surface area (Å²) in [6.07, 6.45) is 0. The van der Waals surface area contributed by atoms with Gasteiger partial charge in [0.1, 0.15) is 12.4 Å². The molecule has 0 fully saturated rings. The van der Waals surface area contributed by atoms with Crippen molar-refractivity contribution >= 4 is 31.9 Å². The Morgan fingerprint density at radius 1 is 1.29 bits per heavy atom. The van der Waals surface area contributed by atoms with E-state index >= 15 is 0 Å². The average Bonchev–Trinajstić information content (AvgIpc) is 2.21. The van der Waals surface area contributed by atoms with Crippen molar-refractivity contribution in [1.29, 1.82) is 0 Å². The summed E-state index contributed by atoms with van der Waals surface area (Å²) in [7, 11) is 1.66. The Morgan fingerprint density at radius 3 is 2.71 bits per heavy atom. The van der Waals surface area contributed by atoms with Crippen molar-refractivity contribution in [3.05, 3.63) is 28.2 Å². The van der Waals surface area contributed by atoms with E-state index in [-0.39, 0.29) is 0 Å². The molecule has 0 aliphatic heterocycles. The predicted molar refractivity (Wildman–Crippen MR) is 64.1 cm³/mol. The van der Waals surface area contributed by atoms with E-state index in [0.717, 1.165) is 15.6 Å². The van der Waals surface area contributed by atoms with Gasteiger partial charge in [0, 0.05) is 12.4 Å². The second kappa shape index (κ2) is 6.43. The van der Waals surface area contributed by atoms with Crippen molar-refractivity contribution in [1.82, 2.24) is 0 Å². The highest BCUT2D eigenvalue weighted by Gasteiger charge is 2.01. The molecule has 4 heteroatoms. The summed E-state index contributed by atoms with van der Waals surface area (Å²) in [5, 5.41) is 0.834. The highest BCUT2D eigenvalue weighted by molar-refractivity contribution is 9.10. The third kappa shape index (κ3) is 3.59. The molecule has 78 valence electrons. The molecule has 0 heterocycles. The second-order valence-corrected chi connectivity index (χ2v) is 4.15. The highest BCUT2D eigenvalue weighted by atomic mass is 79.9. The number of hydrogen-bond donors (Lipinski definition) is 0. The largest absolute Gasteiger partial charge is 0.490 e. The van der Waals surface area contributed by atoms with Gasteiger partial charge >= 0.3 is 0 Å². The Bertz CT molecular complexity index is 289. The molecule has 0 radical (unpaired) electrons. The topological polar surface area (TPSA) is 18.5 Å². The number of ether oxygens (including phenoxy) is 2. The SMILES string of the molecule is COCCOc1cc(CBr)ccc1Br. The molecule has 0 saturated heterocycles. The van der Waals surface area contributed by atoms with Gasteiger partial charge in [0.25, 0.3) is 0 Å². The van der Waals surface area contributed by atoms with Crippen LogP contribution >= 0.6 is 31.9 Å². The molecule has 14 heavy (non-hydrogen) atoms. The Hall–Kier alpha value is -0.0600. The highest BCUT2D eigenvalue weighted by Crippen LogP contribution is 2.26. The van der Waals surface area contributed by atoms with Crippen LogP contribution in [0, 0.1) is 0 Å².